The number of piperidine rings is 1. The molecule has 9 heteroatoms. The van der Waals surface area contributed by atoms with E-state index in [0.29, 0.717) is 47.4 Å². The molecular weight excluding hydrogens is 424 g/mol. The molecule has 3 heterocycles. The molecule has 2 aromatic carbocycles. The van der Waals surface area contributed by atoms with Gasteiger partial charge in [-0.3, -0.25) is 0 Å². The van der Waals surface area contributed by atoms with E-state index in [1.54, 1.807) is 7.11 Å². The highest BCUT2D eigenvalue weighted by molar-refractivity contribution is 5.93. The summed E-state index contributed by atoms with van der Waals surface area (Å²) in [6.07, 6.45) is 3.58. The number of hydrogen-bond acceptors (Lipinski definition) is 9. The number of para-hydroxylation sites is 1. The van der Waals surface area contributed by atoms with Crippen LogP contribution in [-0.2, 0) is 0 Å². The lowest BCUT2D eigenvalue weighted by Gasteiger charge is -2.36. The molecule has 1 fully saturated rings. The lowest BCUT2D eigenvalue weighted by Crippen LogP contribution is -2.43. The van der Waals surface area contributed by atoms with Gasteiger partial charge in [-0.15, -0.1) is 0 Å². The fourth-order valence-electron chi connectivity index (χ4n) is 4.23. The quantitative estimate of drug-likeness (QED) is 0.559. The average molecular weight is 453 g/mol. The van der Waals surface area contributed by atoms with E-state index < -0.39 is 5.60 Å². The summed E-state index contributed by atoms with van der Waals surface area (Å²) in [4.78, 5) is 11.1. The fraction of sp³-hybridized carbons (Fsp3) is 0.417. The number of ether oxygens (including phenoxy) is 4. The highest BCUT2D eigenvalue weighted by atomic mass is 16.7. The van der Waals surface area contributed by atoms with E-state index in [4.69, 9.17) is 18.9 Å². The van der Waals surface area contributed by atoms with Gasteiger partial charge in [0.1, 0.15) is 12.1 Å². The number of nitrogens with zero attached hydrogens (tertiary/aromatic N) is 3. The molecule has 2 N–H and O–H groups in total. The Labute approximate surface area is 192 Å². The van der Waals surface area contributed by atoms with Gasteiger partial charge in [0, 0.05) is 31.0 Å². The van der Waals surface area contributed by atoms with Crippen LogP contribution >= 0.6 is 0 Å². The molecule has 9 nitrogen and oxygen atoms in total. The van der Waals surface area contributed by atoms with Gasteiger partial charge in [-0.1, -0.05) is 6.07 Å². The van der Waals surface area contributed by atoms with E-state index in [-0.39, 0.29) is 6.79 Å². The normalized spacial score (nSPS) is 17.2. The SMILES string of the molecule is COc1cc2c(Nc3cccc4c3OCO4)ncnc2cc1OCCC1(O)CCN(C)CC1. The molecule has 0 saturated carbocycles. The van der Waals surface area contributed by atoms with Gasteiger partial charge in [0.15, 0.2) is 23.0 Å². The highest BCUT2D eigenvalue weighted by Gasteiger charge is 2.31. The molecule has 2 aliphatic heterocycles. The minimum atomic E-state index is -0.683. The molecule has 0 spiro atoms. The van der Waals surface area contributed by atoms with E-state index in [9.17, 15) is 5.11 Å². The zero-order valence-corrected chi connectivity index (χ0v) is 18.8. The molecule has 2 aliphatic rings. The smallest absolute Gasteiger partial charge is 0.231 e. The van der Waals surface area contributed by atoms with E-state index in [1.165, 1.54) is 6.33 Å². The number of nitrogens with one attached hydrogen (secondary N) is 1. The number of fused-ring (bicyclic) bond motifs is 2. The summed E-state index contributed by atoms with van der Waals surface area (Å²) in [6.45, 7) is 2.37. The molecule has 5 rings (SSSR count). The van der Waals surface area contributed by atoms with Gasteiger partial charge in [-0.25, -0.2) is 9.97 Å². The van der Waals surface area contributed by atoms with E-state index >= 15 is 0 Å². The number of aliphatic hydroxyl groups is 1. The maximum Gasteiger partial charge on any atom is 0.231 e. The summed E-state index contributed by atoms with van der Waals surface area (Å²) in [5, 5.41) is 14.9. The third kappa shape index (κ3) is 4.46. The second-order valence-corrected chi connectivity index (χ2v) is 8.53. The molecule has 0 bridgehead atoms. The Morgan fingerprint density at radius 2 is 2.00 bits per heavy atom. The minimum absolute atomic E-state index is 0.193. The number of rotatable bonds is 7. The van der Waals surface area contributed by atoms with Crippen molar-refractivity contribution in [2.45, 2.75) is 24.9 Å². The standard InChI is InChI=1S/C24H28N4O5/c1-28-9-6-24(29,7-10-28)8-11-31-21-13-18-16(12-20(21)30-2)23(26-14-25-18)27-17-4-3-5-19-22(17)33-15-32-19/h3-5,12-14,29H,6-11,15H2,1-2H3,(H,25,26,27). The van der Waals surface area contributed by atoms with E-state index in [2.05, 4.69) is 27.2 Å². The van der Waals surface area contributed by atoms with Gasteiger partial charge in [-0.05, 0) is 38.1 Å². The summed E-state index contributed by atoms with van der Waals surface area (Å²) in [7, 11) is 3.68. The van der Waals surface area contributed by atoms with Crippen molar-refractivity contribution >= 4 is 22.4 Å². The van der Waals surface area contributed by atoms with Crippen LogP contribution in [0.4, 0.5) is 11.5 Å². The first-order valence-corrected chi connectivity index (χ1v) is 11.1. The molecule has 3 aromatic rings. The van der Waals surface area contributed by atoms with Gasteiger partial charge in [-0.2, -0.15) is 0 Å². The van der Waals surface area contributed by atoms with Crippen LogP contribution < -0.4 is 24.3 Å². The molecule has 0 amide bonds. The molecule has 1 aromatic heterocycles. The first-order chi connectivity index (χ1) is 16.0. The molecule has 0 aliphatic carbocycles. The van der Waals surface area contributed by atoms with Crippen LogP contribution in [0.5, 0.6) is 23.0 Å². The molecule has 33 heavy (non-hydrogen) atoms. The molecular formula is C24H28N4O5. The number of benzene rings is 2. The van der Waals surface area contributed by atoms with Crippen LogP contribution in [-0.4, -0.2) is 66.2 Å². The van der Waals surface area contributed by atoms with Crippen molar-refractivity contribution in [3.05, 3.63) is 36.7 Å². The topological polar surface area (TPSA) is 98.2 Å². The van der Waals surface area contributed by atoms with Crippen molar-refractivity contribution in [3.63, 3.8) is 0 Å². The van der Waals surface area contributed by atoms with Crippen molar-refractivity contribution in [1.29, 1.82) is 0 Å². The maximum atomic E-state index is 10.8. The van der Waals surface area contributed by atoms with Gasteiger partial charge < -0.3 is 34.3 Å². The predicted molar refractivity (Wildman–Crippen MR) is 124 cm³/mol. The largest absolute Gasteiger partial charge is 0.493 e. The van der Waals surface area contributed by atoms with Crippen LogP contribution in [0.2, 0.25) is 0 Å². The number of hydrogen-bond donors (Lipinski definition) is 2. The van der Waals surface area contributed by atoms with Crippen molar-refractivity contribution < 1.29 is 24.1 Å². The van der Waals surface area contributed by atoms with Gasteiger partial charge >= 0.3 is 0 Å². The minimum Gasteiger partial charge on any atom is -0.493 e. The summed E-state index contributed by atoms with van der Waals surface area (Å²) in [5.74, 6) is 3.13. The average Bonchev–Trinajstić information content (AvgIpc) is 3.31. The van der Waals surface area contributed by atoms with Crippen molar-refractivity contribution in [2.75, 3.05) is 46.0 Å². The monoisotopic (exact) mass is 452 g/mol. The second kappa shape index (κ2) is 8.92. The maximum absolute atomic E-state index is 10.8. The van der Waals surface area contributed by atoms with Gasteiger partial charge in [0.25, 0.3) is 0 Å². The summed E-state index contributed by atoms with van der Waals surface area (Å²) < 4.78 is 22.7. The first-order valence-electron chi connectivity index (χ1n) is 11.1. The van der Waals surface area contributed by atoms with Gasteiger partial charge in [0.05, 0.1) is 30.5 Å². The molecule has 1 saturated heterocycles. The Morgan fingerprint density at radius 1 is 1.15 bits per heavy atom. The van der Waals surface area contributed by atoms with E-state index in [1.807, 2.05) is 30.3 Å². The molecule has 0 unspecified atom stereocenters. The Hall–Kier alpha value is -3.30. The first kappa shape index (κ1) is 21.5. The van der Waals surface area contributed by atoms with Crippen LogP contribution in [0.3, 0.4) is 0 Å². The lowest BCUT2D eigenvalue weighted by molar-refractivity contribution is -0.0305. The summed E-state index contributed by atoms with van der Waals surface area (Å²) in [5.41, 5.74) is 0.791. The van der Waals surface area contributed by atoms with Crippen molar-refractivity contribution in [3.8, 4) is 23.0 Å². The molecule has 174 valence electrons. The predicted octanol–water partition coefficient (Wildman–Crippen LogP) is 3.34. The highest BCUT2D eigenvalue weighted by Crippen LogP contribution is 2.41. The summed E-state index contributed by atoms with van der Waals surface area (Å²) >= 11 is 0. The van der Waals surface area contributed by atoms with Crippen LogP contribution in [0, 0.1) is 0 Å². The lowest BCUT2D eigenvalue weighted by atomic mass is 9.89. The van der Waals surface area contributed by atoms with Crippen molar-refractivity contribution in [2.24, 2.45) is 0 Å². The second-order valence-electron chi connectivity index (χ2n) is 8.53. The Balaban J connectivity index is 1.36. The zero-order chi connectivity index (χ0) is 22.8. The number of likely N-dealkylation sites (tertiary alicyclic amines) is 1. The molecule has 0 radical (unpaired) electrons. The third-order valence-corrected chi connectivity index (χ3v) is 6.31. The fourth-order valence-corrected chi connectivity index (χ4v) is 4.23. The molecule has 0 atom stereocenters. The van der Waals surface area contributed by atoms with Crippen LogP contribution in [0.15, 0.2) is 36.7 Å². The number of methoxy groups -OCH3 is 1. The number of anilines is 2. The van der Waals surface area contributed by atoms with E-state index in [0.717, 1.165) is 37.0 Å². The third-order valence-electron chi connectivity index (χ3n) is 6.31. The Kier molecular flexibility index (Phi) is 5.82. The van der Waals surface area contributed by atoms with Crippen LogP contribution in [0.1, 0.15) is 19.3 Å². The number of aromatic nitrogens is 2. The van der Waals surface area contributed by atoms with Crippen molar-refractivity contribution in [1.82, 2.24) is 14.9 Å². The Morgan fingerprint density at radius 3 is 2.82 bits per heavy atom. The zero-order valence-electron chi connectivity index (χ0n) is 18.8. The van der Waals surface area contributed by atoms with Crippen LogP contribution in [0.25, 0.3) is 10.9 Å². The van der Waals surface area contributed by atoms with Gasteiger partial charge in [0.2, 0.25) is 6.79 Å². The summed E-state index contributed by atoms with van der Waals surface area (Å²) in [6, 6.07) is 9.36. The Bertz CT molecular complexity index is 1150.